The third-order valence-electron chi connectivity index (χ3n) is 2.37. The summed E-state index contributed by atoms with van der Waals surface area (Å²) in [6.07, 6.45) is -2.23. The van der Waals surface area contributed by atoms with Crippen molar-refractivity contribution in [2.24, 2.45) is 0 Å². The molecule has 16 heavy (non-hydrogen) atoms. The first-order chi connectivity index (χ1) is 7.48. The summed E-state index contributed by atoms with van der Waals surface area (Å²) in [5, 5.41) is 9.01. The molecular formula is C9H10F3NOS2. The molecule has 2 atom stereocenters. The van der Waals surface area contributed by atoms with Gasteiger partial charge in [0.15, 0.2) is 5.01 Å². The number of rotatable bonds is 2. The van der Waals surface area contributed by atoms with Crippen LogP contribution in [0.25, 0.3) is 0 Å². The van der Waals surface area contributed by atoms with Gasteiger partial charge in [-0.1, -0.05) is 0 Å². The predicted octanol–water partition coefficient (Wildman–Crippen LogP) is 3.09. The number of aliphatic hydroxyl groups is 1. The Morgan fingerprint density at radius 1 is 1.50 bits per heavy atom. The van der Waals surface area contributed by atoms with Crippen molar-refractivity contribution in [1.29, 1.82) is 0 Å². The van der Waals surface area contributed by atoms with E-state index >= 15 is 0 Å². The van der Waals surface area contributed by atoms with E-state index in [1.165, 1.54) is 0 Å². The second-order valence-corrected chi connectivity index (χ2v) is 5.97. The predicted molar refractivity (Wildman–Crippen MR) is 57.6 cm³/mol. The minimum absolute atomic E-state index is 0.0153. The number of nitrogens with zero attached hydrogens (tertiary/aromatic N) is 1. The van der Waals surface area contributed by atoms with Crippen molar-refractivity contribution in [3.8, 4) is 0 Å². The highest BCUT2D eigenvalue weighted by Crippen LogP contribution is 2.40. The van der Waals surface area contributed by atoms with Gasteiger partial charge in [0.2, 0.25) is 0 Å². The number of thiazole rings is 1. The maximum Gasteiger partial charge on any atom is 0.443 e. The van der Waals surface area contributed by atoms with E-state index in [1.54, 1.807) is 11.8 Å². The molecule has 1 aliphatic rings. The van der Waals surface area contributed by atoms with Crippen LogP contribution in [0.2, 0.25) is 0 Å². The monoisotopic (exact) mass is 269 g/mol. The van der Waals surface area contributed by atoms with Crippen molar-refractivity contribution in [1.82, 2.24) is 4.98 Å². The number of hydrogen-bond donors (Lipinski definition) is 1. The van der Waals surface area contributed by atoms with Crippen LogP contribution in [0.5, 0.6) is 0 Å². The minimum atomic E-state index is -4.41. The van der Waals surface area contributed by atoms with Gasteiger partial charge in [0.05, 0.1) is 4.88 Å². The van der Waals surface area contributed by atoms with E-state index in [1.807, 2.05) is 0 Å². The van der Waals surface area contributed by atoms with E-state index in [-0.39, 0.29) is 5.25 Å². The first-order valence-corrected chi connectivity index (χ1v) is 6.67. The summed E-state index contributed by atoms with van der Waals surface area (Å²) < 4.78 is 36.9. The van der Waals surface area contributed by atoms with Crippen LogP contribution in [0.1, 0.15) is 28.8 Å². The molecule has 1 aliphatic heterocycles. The van der Waals surface area contributed by atoms with Crippen LogP contribution in [0.15, 0.2) is 6.20 Å². The average Bonchev–Trinajstić information content (AvgIpc) is 2.87. The highest BCUT2D eigenvalue weighted by atomic mass is 32.2. The second-order valence-electron chi connectivity index (χ2n) is 3.56. The lowest BCUT2D eigenvalue weighted by Gasteiger charge is -2.14. The summed E-state index contributed by atoms with van der Waals surface area (Å²) in [6, 6.07) is 0. The molecule has 1 aromatic heterocycles. The van der Waals surface area contributed by atoms with E-state index in [0.717, 1.165) is 24.8 Å². The molecule has 7 heteroatoms. The molecule has 2 nitrogen and oxygen atoms in total. The molecule has 0 radical (unpaired) electrons. The Morgan fingerprint density at radius 3 is 2.75 bits per heavy atom. The van der Waals surface area contributed by atoms with E-state index in [9.17, 15) is 18.3 Å². The third-order valence-corrected chi connectivity index (χ3v) is 4.93. The van der Waals surface area contributed by atoms with E-state index in [0.29, 0.717) is 16.2 Å². The first-order valence-electron chi connectivity index (χ1n) is 4.81. The maximum atomic E-state index is 12.3. The highest BCUT2D eigenvalue weighted by Gasteiger charge is 2.36. The largest absolute Gasteiger partial charge is 0.443 e. The molecule has 1 fully saturated rings. The standard InChI is InChI=1S/C9H10F3NOS2/c10-9(11,12)8-13-4-6(16-8)7(14)5-2-1-3-15-5/h4-5,7,14H,1-3H2. The number of aromatic nitrogens is 1. The number of halogens is 3. The SMILES string of the molecule is OC(c1cnc(C(F)(F)F)s1)C1CCCS1. The zero-order valence-corrected chi connectivity index (χ0v) is 9.83. The molecule has 1 saturated heterocycles. The number of thioether (sulfide) groups is 1. The maximum absolute atomic E-state index is 12.3. The molecule has 2 heterocycles. The van der Waals surface area contributed by atoms with Gasteiger partial charge in [0, 0.05) is 11.4 Å². The summed E-state index contributed by atoms with van der Waals surface area (Å²) in [6.45, 7) is 0. The molecule has 0 saturated carbocycles. The molecule has 0 aliphatic carbocycles. The fourth-order valence-electron chi connectivity index (χ4n) is 1.59. The Balaban J connectivity index is 2.12. The minimum Gasteiger partial charge on any atom is -0.386 e. The molecule has 0 bridgehead atoms. The zero-order chi connectivity index (χ0) is 11.8. The molecule has 2 unspecified atom stereocenters. The van der Waals surface area contributed by atoms with Crippen molar-refractivity contribution < 1.29 is 18.3 Å². The van der Waals surface area contributed by atoms with Gasteiger partial charge in [0.25, 0.3) is 0 Å². The van der Waals surface area contributed by atoms with Gasteiger partial charge in [0.1, 0.15) is 6.10 Å². The Morgan fingerprint density at radius 2 is 2.25 bits per heavy atom. The molecule has 0 amide bonds. The van der Waals surface area contributed by atoms with Gasteiger partial charge in [-0.25, -0.2) is 4.98 Å². The van der Waals surface area contributed by atoms with Crippen molar-refractivity contribution in [3.63, 3.8) is 0 Å². The Hall–Kier alpha value is -0.270. The second kappa shape index (κ2) is 4.54. The fourth-order valence-corrected chi connectivity index (χ4v) is 3.81. The Bertz CT molecular complexity index is 360. The highest BCUT2D eigenvalue weighted by molar-refractivity contribution is 8.00. The van der Waals surface area contributed by atoms with Crippen LogP contribution in [0.4, 0.5) is 13.2 Å². The zero-order valence-electron chi connectivity index (χ0n) is 8.20. The van der Waals surface area contributed by atoms with E-state index in [4.69, 9.17) is 0 Å². The number of alkyl halides is 3. The lowest BCUT2D eigenvalue weighted by molar-refractivity contribution is -0.137. The van der Waals surface area contributed by atoms with Gasteiger partial charge in [-0.2, -0.15) is 24.9 Å². The van der Waals surface area contributed by atoms with Crippen molar-refractivity contribution in [2.45, 2.75) is 30.4 Å². The summed E-state index contributed by atoms with van der Waals surface area (Å²) in [5.74, 6) is 0.965. The van der Waals surface area contributed by atoms with Gasteiger partial charge in [-0.3, -0.25) is 0 Å². The van der Waals surface area contributed by atoms with E-state index in [2.05, 4.69) is 4.98 Å². The van der Waals surface area contributed by atoms with Gasteiger partial charge in [-0.05, 0) is 18.6 Å². The van der Waals surface area contributed by atoms with Crippen LogP contribution in [-0.4, -0.2) is 21.1 Å². The third kappa shape index (κ3) is 2.52. The van der Waals surface area contributed by atoms with Gasteiger partial charge >= 0.3 is 6.18 Å². The van der Waals surface area contributed by atoms with Crippen molar-refractivity contribution in [3.05, 3.63) is 16.1 Å². The lowest BCUT2D eigenvalue weighted by Crippen LogP contribution is -2.10. The van der Waals surface area contributed by atoms with Crippen molar-refractivity contribution in [2.75, 3.05) is 5.75 Å². The Labute approximate surface area is 98.9 Å². The van der Waals surface area contributed by atoms with Crippen LogP contribution in [0, 0.1) is 0 Å². The fraction of sp³-hybridized carbons (Fsp3) is 0.667. The van der Waals surface area contributed by atoms with Crippen LogP contribution in [0.3, 0.4) is 0 Å². The summed E-state index contributed by atoms with van der Waals surface area (Å²) in [4.78, 5) is 3.62. The quantitative estimate of drug-likeness (QED) is 0.895. The van der Waals surface area contributed by atoms with Gasteiger partial charge < -0.3 is 5.11 Å². The first kappa shape index (κ1) is 12.2. The van der Waals surface area contributed by atoms with Crippen LogP contribution < -0.4 is 0 Å². The van der Waals surface area contributed by atoms with Crippen LogP contribution >= 0.6 is 23.1 Å². The molecule has 1 N–H and O–H groups in total. The van der Waals surface area contributed by atoms with Crippen LogP contribution in [-0.2, 0) is 6.18 Å². The topological polar surface area (TPSA) is 33.1 Å². The smallest absolute Gasteiger partial charge is 0.386 e. The lowest BCUT2D eigenvalue weighted by atomic mass is 10.1. The normalized spacial score (nSPS) is 23.6. The molecule has 1 aromatic rings. The van der Waals surface area contributed by atoms with E-state index < -0.39 is 17.3 Å². The van der Waals surface area contributed by atoms with Gasteiger partial charge in [-0.15, -0.1) is 11.3 Å². The Kier molecular flexibility index (Phi) is 3.46. The summed E-state index contributed by atoms with van der Waals surface area (Å²) in [7, 11) is 0. The molecule has 2 rings (SSSR count). The summed E-state index contributed by atoms with van der Waals surface area (Å²) in [5.41, 5.74) is 0. The molecular weight excluding hydrogens is 259 g/mol. The molecule has 0 spiro atoms. The summed E-state index contributed by atoms with van der Waals surface area (Å²) >= 11 is 2.15. The average molecular weight is 269 g/mol. The molecule has 90 valence electrons. The molecule has 0 aromatic carbocycles. The number of hydrogen-bond acceptors (Lipinski definition) is 4. The van der Waals surface area contributed by atoms with Crippen molar-refractivity contribution >= 4 is 23.1 Å². The number of aliphatic hydroxyl groups excluding tert-OH is 1.